The molecule has 0 radical (unpaired) electrons. The van der Waals surface area contributed by atoms with Gasteiger partial charge in [0.05, 0.1) is 19.0 Å². The fraction of sp³-hybridized carbons (Fsp3) is 0.357. The van der Waals surface area contributed by atoms with Gasteiger partial charge in [-0.05, 0) is 24.3 Å². The molecule has 6 nitrogen and oxygen atoms in total. The number of anilines is 1. The first-order chi connectivity index (χ1) is 11.0. The van der Waals surface area contributed by atoms with Crippen LogP contribution in [0.2, 0.25) is 5.02 Å². The highest BCUT2D eigenvalue weighted by atomic mass is 35.5. The van der Waals surface area contributed by atoms with Crippen LogP contribution in [-0.4, -0.2) is 53.2 Å². The molecule has 0 saturated carbocycles. The van der Waals surface area contributed by atoms with Crippen molar-refractivity contribution in [3.05, 3.63) is 29.3 Å². The fourth-order valence-electron chi connectivity index (χ4n) is 1.82. The molecular formula is C14H16ClN3O3S2. The number of rotatable bonds is 3. The number of amides is 3. The third kappa shape index (κ3) is 6.34. The monoisotopic (exact) mass is 373 g/mol. The molecule has 23 heavy (non-hydrogen) atoms. The number of hydrogen-bond acceptors (Lipinski definition) is 5. The van der Waals surface area contributed by atoms with Gasteiger partial charge in [-0.25, -0.2) is 4.79 Å². The molecular weight excluding hydrogens is 358 g/mol. The minimum Gasteiger partial charge on any atom is -0.378 e. The number of nitrogens with one attached hydrogen (secondary N) is 2. The second-order valence-electron chi connectivity index (χ2n) is 4.66. The maximum atomic E-state index is 11.8. The van der Waals surface area contributed by atoms with Crippen LogP contribution < -0.4 is 10.6 Å². The third-order valence-corrected chi connectivity index (χ3v) is 4.73. The van der Waals surface area contributed by atoms with Crippen molar-refractivity contribution in [2.24, 2.45) is 0 Å². The quantitative estimate of drug-likeness (QED) is 0.792. The van der Waals surface area contributed by atoms with Crippen LogP contribution in [-0.2, 0) is 9.53 Å². The van der Waals surface area contributed by atoms with Crippen molar-refractivity contribution < 1.29 is 14.3 Å². The molecule has 1 aliphatic rings. The van der Waals surface area contributed by atoms with Crippen LogP contribution in [0.3, 0.4) is 0 Å². The predicted molar refractivity (Wildman–Crippen MR) is 96.1 cm³/mol. The Balaban J connectivity index is 1.70. The first kappa shape index (κ1) is 18.0. The molecule has 0 bridgehead atoms. The second-order valence-corrected chi connectivity index (χ2v) is 6.71. The van der Waals surface area contributed by atoms with Gasteiger partial charge in [0.2, 0.25) is 5.91 Å². The third-order valence-electron chi connectivity index (χ3n) is 2.95. The summed E-state index contributed by atoms with van der Waals surface area (Å²) in [6.07, 6.45) is 0. The van der Waals surface area contributed by atoms with Crippen molar-refractivity contribution >= 4 is 57.5 Å². The minimum absolute atomic E-state index is 0.0875. The van der Waals surface area contributed by atoms with Gasteiger partial charge in [0.1, 0.15) is 4.32 Å². The lowest BCUT2D eigenvalue weighted by atomic mass is 10.3. The van der Waals surface area contributed by atoms with Gasteiger partial charge >= 0.3 is 6.03 Å². The maximum absolute atomic E-state index is 11.8. The van der Waals surface area contributed by atoms with Crippen LogP contribution >= 0.6 is 35.6 Å². The highest BCUT2D eigenvalue weighted by Crippen LogP contribution is 2.13. The molecule has 1 aromatic rings. The first-order valence-corrected chi connectivity index (χ1v) is 8.67. The molecule has 9 heteroatoms. The number of imide groups is 1. The van der Waals surface area contributed by atoms with Crippen LogP contribution in [0.15, 0.2) is 24.3 Å². The number of carbonyl (C=O) groups is 2. The SMILES string of the molecule is O=C(CSC(=S)N1CCOCC1)NC(=O)Nc1ccc(Cl)cc1. The zero-order chi connectivity index (χ0) is 16.7. The first-order valence-electron chi connectivity index (χ1n) is 6.90. The topological polar surface area (TPSA) is 70.7 Å². The number of thioether (sulfide) groups is 1. The normalized spacial score (nSPS) is 14.2. The Kier molecular flexibility index (Phi) is 7.10. The summed E-state index contributed by atoms with van der Waals surface area (Å²) < 4.78 is 5.88. The molecule has 1 aliphatic heterocycles. The summed E-state index contributed by atoms with van der Waals surface area (Å²) in [5, 5.41) is 5.38. The van der Waals surface area contributed by atoms with Crippen LogP contribution in [0.4, 0.5) is 10.5 Å². The summed E-state index contributed by atoms with van der Waals surface area (Å²) in [6, 6.07) is 6.00. The summed E-state index contributed by atoms with van der Waals surface area (Å²) in [6.45, 7) is 2.72. The minimum atomic E-state index is -0.588. The molecule has 0 aliphatic carbocycles. The van der Waals surface area contributed by atoms with E-state index in [-0.39, 0.29) is 5.75 Å². The molecule has 2 N–H and O–H groups in total. The lowest BCUT2D eigenvalue weighted by Gasteiger charge is -2.28. The molecule has 124 valence electrons. The van der Waals surface area contributed by atoms with Crippen molar-refractivity contribution in [1.82, 2.24) is 10.2 Å². The van der Waals surface area contributed by atoms with Crippen LogP contribution in [0.25, 0.3) is 0 Å². The fourth-order valence-corrected chi connectivity index (χ4v) is 3.00. The number of urea groups is 1. The molecule has 0 aromatic heterocycles. The summed E-state index contributed by atoms with van der Waals surface area (Å²) in [5.74, 6) is -0.318. The van der Waals surface area contributed by atoms with Gasteiger partial charge in [0.25, 0.3) is 0 Å². The number of nitrogens with zero attached hydrogens (tertiary/aromatic N) is 1. The van der Waals surface area contributed by atoms with E-state index in [0.717, 1.165) is 13.1 Å². The lowest BCUT2D eigenvalue weighted by molar-refractivity contribution is -0.117. The van der Waals surface area contributed by atoms with Crippen molar-refractivity contribution in [3.8, 4) is 0 Å². The van der Waals surface area contributed by atoms with Gasteiger partial charge in [-0.2, -0.15) is 0 Å². The van der Waals surface area contributed by atoms with E-state index in [1.54, 1.807) is 24.3 Å². The summed E-state index contributed by atoms with van der Waals surface area (Å²) in [4.78, 5) is 25.5. The van der Waals surface area contributed by atoms with Crippen LogP contribution in [0.5, 0.6) is 0 Å². The van der Waals surface area contributed by atoms with Crippen molar-refractivity contribution in [1.29, 1.82) is 0 Å². The van der Waals surface area contributed by atoms with Crippen LogP contribution in [0, 0.1) is 0 Å². The Labute approximate surface area is 148 Å². The Morgan fingerprint density at radius 1 is 1.26 bits per heavy atom. The summed E-state index contributed by atoms with van der Waals surface area (Å²) in [5.41, 5.74) is 0.552. The molecule has 3 amide bonds. The highest BCUT2D eigenvalue weighted by molar-refractivity contribution is 8.23. The van der Waals surface area contributed by atoms with Gasteiger partial charge in [-0.3, -0.25) is 10.1 Å². The van der Waals surface area contributed by atoms with E-state index in [4.69, 9.17) is 28.6 Å². The van der Waals surface area contributed by atoms with E-state index in [0.29, 0.717) is 28.2 Å². The van der Waals surface area contributed by atoms with Gasteiger partial charge in [0.15, 0.2) is 0 Å². The van der Waals surface area contributed by atoms with E-state index in [1.165, 1.54) is 11.8 Å². The Morgan fingerprint density at radius 2 is 1.91 bits per heavy atom. The summed E-state index contributed by atoms with van der Waals surface area (Å²) >= 11 is 12.3. The van der Waals surface area contributed by atoms with Gasteiger partial charge in [-0.1, -0.05) is 35.6 Å². The zero-order valence-corrected chi connectivity index (χ0v) is 14.6. The number of halogens is 1. The number of benzene rings is 1. The Hall–Kier alpha value is -1.35. The van der Waals surface area contributed by atoms with Gasteiger partial charge < -0.3 is 15.0 Å². The van der Waals surface area contributed by atoms with Gasteiger partial charge in [-0.15, -0.1) is 0 Å². The highest BCUT2D eigenvalue weighted by Gasteiger charge is 2.16. The standard InChI is InChI=1S/C14H16ClN3O3S2/c15-10-1-3-11(4-2-10)16-13(20)17-12(19)9-23-14(22)18-5-7-21-8-6-18/h1-4H,5-9H2,(H2,16,17,19,20). The Morgan fingerprint density at radius 3 is 2.57 bits per heavy atom. The largest absolute Gasteiger partial charge is 0.378 e. The van der Waals surface area contributed by atoms with Crippen molar-refractivity contribution in [2.75, 3.05) is 37.4 Å². The van der Waals surface area contributed by atoms with E-state index in [1.807, 2.05) is 4.90 Å². The molecule has 1 aromatic carbocycles. The van der Waals surface area contributed by atoms with E-state index < -0.39 is 11.9 Å². The molecule has 0 spiro atoms. The van der Waals surface area contributed by atoms with E-state index >= 15 is 0 Å². The van der Waals surface area contributed by atoms with Crippen molar-refractivity contribution in [2.45, 2.75) is 0 Å². The van der Waals surface area contributed by atoms with E-state index in [2.05, 4.69) is 10.6 Å². The molecule has 0 atom stereocenters. The molecule has 2 rings (SSSR count). The number of hydrogen-bond donors (Lipinski definition) is 2. The molecule has 0 unspecified atom stereocenters. The average molecular weight is 374 g/mol. The second kappa shape index (κ2) is 9.07. The summed E-state index contributed by atoms with van der Waals surface area (Å²) in [7, 11) is 0. The lowest BCUT2D eigenvalue weighted by Crippen LogP contribution is -2.40. The number of ether oxygens (including phenoxy) is 1. The van der Waals surface area contributed by atoms with Crippen molar-refractivity contribution in [3.63, 3.8) is 0 Å². The zero-order valence-electron chi connectivity index (χ0n) is 12.2. The number of thiocarbonyl (C=S) groups is 1. The maximum Gasteiger partial charge on any atom is 0.325 e. The predicted octanol–water partition coefficient (Wildman–Crippen LogP) is 2.34. The average Bonchev–Trinajstić information content (AvgIpc) is 2.55. The smallest absolute Gasteiger partial charge is 0.325 e. The van der Waals surface area contributed by atoms with Gasteiger partial charge in [0, 0.05) is 23.8 Å². The Bertz CT molecular complexity index is 577. The molecule has 1 heterocycles. The molecule has 1 saturated heterocycles. The van der Waals surface area contributed by atoms with E-state index in [9.17, 15) is 9.59 Å². The molecule has 1 fully saturated rings. The number of carbonyl (C=O) groups excluding carboxylic acids is 2. The van der Waals surface area contributed by atoms with Crippen LogP contribution in [0.1, 0.15) is 0 Å². The number of morpholine rings is 1.